The Morgan fingerprint density at radius 3 is 2.66 bits per heavy atom. The lowest BCUT2D eigenvalue weighted by atomic mass is 9.72. The summed E-state index contributed by atoms with van der Waals surface area (Å²) in [4.78, 5) is 20.4. The second-order valence-corrected chi connectivity index (χ2v) is 11.1. The van der Waals surface area contributed by atoms with Crippen molar-refractivity contribution < 1.29 is 14.1 Å². The molecule has 9 heteroatoms. The molecule has 1 saturated carbocycles. The number of ether oxygens (including phenoxy) is 1. The summed E-state index contributed by atoms with van der Waals surface area (Å²) in [6.45, 7) is 5.75. The van der Waals surface area contributed by atoms with Crippen molar-refractivity contribution in [2.24, 2.45) is 5.41 Å². The fourth-order valence-corrected chi connectivity index (χ4v) is 5.84. The summed E-state index contributed by atoms with van der Waals surface area (Å²) < 4.78 is 12.9. The first-order valence-corrected chi connectivity index (χ1v) is 13.6. The Labute approximate surface area is 221 Å². The first-order valence-electron chi connectivity index (χ1n) is 13.6. The summed E-state index contributed by atoms with van der Waals surface area (Å²) in [5, 5.41) is 11.7. The smallest absolute Gasteiger partial charge is 0.259 e. The van der Waals surface area contributed by atoms with Crippen LogP contribution in [0.2, 0.25) is 0 Å². The molecular formula is C29H32N6O3. The van der Waals surface area contributed by atoms with Crippen LogP contribution < -0.4 is 10.2 Å². The zero-order valence-electron chi connectivity index (χ0n) is 21.7. The summed E-state index contributed by atoms with van der Waals surface area (Å²) in [6.07, 6.45) is 12.3. The normalized spacial score (nSPS) is 19.2. The number of piperidine rings is 1. The summed E-state index contributed by atoms with van der Waals surface area (Å²) in [5.74, 6) is 1.19. The molecule has 6 heterocycles. The highest BCUT2D eigenvalue weighted by atomic mass is 16.5. The number of nitrogens with zero attached hydrogens (tertiary/aromatic N) is 5. The van der Waals surface area contributed by atoms with Crippen molar-refractivity contribution in [3.63, 3.8) is 0 Å². The molecule has 1 N–H and O–H groups in total. The van der Waals surface area contributed by atoms with Crippen LogP contribution in [0, 0.1) is 12.3 Å². The number of anilines is 2. The quantitative estimate of drug-likeness (QED) is 0.392. The van der Waals surface area contributed by atoms with E-state index in [0.29, 0.717) is 34.0 Å². The van der Waals surface area contributed by atoms with Crippen molar-refractivity contribution in [3.05, 3.63) is 59.7 Å². The van der Waals surface area contributed by atoms with Crippen LogP contribution in [0.25, 0.3) is 16.9 Å². The van der Waals surface area contributed by atoms with Gasteiger partial charge < -0.3 is 19.5 Å². The number of pyridine rings is 2. The number of aryl methyl sites for hydroxylation is 1. The number of carbonyl (C=O) groups excluding carboxylic acids is 1. The Balaban J connectivity index is 1.10. The van der Waals surface area contributed by atoms with Crippen LogP contribution >= 0.6 is 0 Å². The minimum absolute atomic E-state index is 0.198. The maximum absolute atomic E-state index is 13.4. The van der Waals surface area contributed by atoms with Crippen molar-refractivity contribution in [2.45, 2.75) is 51.4 Å². The van der Waals surface area contributed by atoms with E-state index in [0.717, 1.165) is 61.7 Å². The lowest BCUT2D eigenvalue weighted by molar-refractivity contribution is 0.00212. The second kappa shape index (κ2) is 9.23. The van der Waals surface area contributed by atoms with E-state index in [4.69, 9.17) is 9.26 Å². The highest BCUT2D eigenvalue weighted by molar-refractivity contribution is 6.09. The molecule has 0 unspecified atom stereocenters. The Hall–Kier alpha value is -3.72. The van der Waals surface area contributed by atoms with Crippen molar-refractivity contribution >= 4 is 22.8 Å². The van der Waals surface area contributed by atoms with Crippen LogP contribution in [0.1, 0.15) is 66.1 Å². The molecule has 38 heavy (non-hydrogen) atoms. The molecule has 4 aromatic heterocycles. The molecule has 0 atom stereocenters. The molecule has 2 aliphatic heterocycles. The van der Waals surface area contributed by atoms with Crippen molar-refractivity contribution in [3.8, 4) is 11.4 Å². The molecule has 196 valence electrons. The number of carbonyl (C=O) groups is 1. The maximum atomic E-state index is 13.4. The highest BCUT2D eigenvalue weighted by Crippen LogP contribution is 2.42. The van der Waals surface area contributed by atoms with Crippen molar-refractivity contribution in [1.29, 1.82) is 0 Å². The summed E-state index contributed by atoms with van der Waals surface area (Å²) >= 11 is 0. The molecular weight excluding hydrogens is 480 g/mol. The standard InChI is InChI=1S/C29H32N6O3/c1-19-17-30-24(25-16-27(38-33-25)20-2-3-20)15-23(19)32-28(36)22-18-31-35-9-4-21(14-26(22)35)34-10-5-29(6-11-34)7-12-37-13-8-29/h4,9,14-18,20H,2-3,5-8,10-13H2,1H3,(H,30,32,36). The molecule has 4 aromatic rings. The Morgan fingerprint density at radius 2 is 1.87 bits per heavy atom. The van der Waals surface area contributed by atoms with E-state index >= 15 is 0 Å². The van der Waals surface area contributed by atoms with Crippen LogP contribution in [0.4, 0.5) is 11.4 Å². The fraction of sp³-hybridized carbons (Fsp3) is 0.448. The SMILES string of the molecule is Cc1cnc(-c2cc(C3CC3)on2)cc1NC(=O)c1cnn2ccc(N3CCC4(CCOCC4)CC3)cc12. The van der Waals surface area contributed by atoms with E-state index in [9.17, 15) is 4.79 Å². The van der Waals surface area contributed by atoms with Gasteiger partial charge in [0.2, 0.25) is 0 Å². The van der Waals surface area contributed by atoms with Crippen LogP contribution in [-0.4, -0.2) is 52.0 Å². The third-order valence-corrected chi connectivity index (χ3v) is 8.61. The molecule has 1 spiro atoms. The molecule has 2 saturated heterocycles. The van der Waals surface area contributed by atoms with E-state index in [-0.39, 0.29) is 5.91 Å². The number of aromatic nitrogens is 4. The molecule has 3 fully saturated rings. The largest absolute Gasteiger partial charge is 0.381 e. The lowest BCUT2D eigenvalue weighted by Gasteiger charge is -2.44. The number of fused-ring (bicyclic) bond motifs is 1. The minimum Gasteiger partial charge on any atom is -0.381 e. The summed E-state index contributed by atoms with van der Waals surface area (Å²) in [6, 6.07) is 8.00. The Kier molecular flexibility index (Phi) is 5.69. The van der Waals surface area contributed by atoms with Gasteiger partial charge in [-0.3, -0.25) is 9.78 Å². The van der Waals surface area contributed by atoms with Gasteiger partial charge in [0, 0.05) is 62.1 Å². The minimum atomic E-state index is -0.198. The highest BCUT2D eigenvalue weighted by Gasteiger charge is 2.36. The first kappa shape index (κ1) is 23.4. The fourth-order valence-electron chi connectivity index (χ4n) is 5.84. The van der Waals surface area contributed by atoms with E-state index < -0.39 is 0 Å². The van der Waals surface area contributed by atoms with Gasteiger partial charge >= 0.3 is 0 Å². The van der Waals surface area contributed by atoms with Gasteiger partial charge in [-0.25, -0.2) is 4.52 Å². The van der Waals surface area contributed by atoms with Crippen molar-refractivity contribution in [1.82, 2.24) is 19.8 Å². The van der Waals surface area contributed by atoms with Gasteiger partial charge in [-0.05, 0) is 74.6 Å². The summed E-state index contributed by atoms with van der Waals surface area (Å²) in [7, 11) is 0. The van der Waals surface area contributed by atoms with Gasteiger partial charge in [-0.2, -0.15) is 5.10 Å². The summed E-state index contributed by atoms with van der Waals surface area (Å²) in [5.41, 5.74) is 5.85. The van der Waals surface area contributed by atoms with Gasteiger partial charge in [0.15, 0.2) is 0 Å². The van der Waals surface area contributed by atoms with Gasteiger partial charge in [0.05, 0.1) is 23.0 Å². The lowest BCUT2D eigenvalue weighted by Crippen LogP contribution is -2.43. The molecule has 1 aliphatic carbocycles. The van der Waals surface area contributed by atoms with Crippen LogP contribution in [-0.2, 0) is 4.74 Å². The zero-order valence-corrected chi connectivity index (χ0v) is 21.7. The van der Waals surface area contributed by atoms with Crippen LogP contribution in [0.15, 0.2) is 47.4 Å². The van der Waals surface area contributed by atoms with Gasteiger partial charge in [-0.15, -0.1) is 0 Å². The number of rotatable bonds is 5. The van der Waals surface area contributed by atoms with E-state index in [1.807, 2.05) is 25.3 Å². The van der Waals surface area contributed by atoms with Gasteiger partial charge in [-0.1, -0.05) is 5.16 Å². The van der Waals surface area contributed by atoms with Crippen LogP contribution in [0.3, 0.4) is 0 Å². The maximum Gasteiger partial charge on any atom is 0.259 e. The first-order chi connectivity index (χ1) is 18.6. The second-order valence-electron chi connectivity index (χ2n) is 11.1. The molecule has 9 nitrogen and oxygen atoms in total. The zero-order chi connectivity index (χ0) is 25.7. The Morgan fingerprint density at radius 1 is 1.05 bits per heavy atom. The monoisotopic (exact) mass is 512 g/mol. The molecule has 7 rings (SSSR count). The van der Waals surface area contributed by atoms with Gasteiger partial charge in [0.1, 0.15) is 11.5 Å². The number of nitrogens with one attached hydrogen (secondary N) is 1. The molecule has 3 aliphatic rings. The van der Waals surface area contributed by atoms with E-state index in [1.54, 1.807) is 16.9 Å². The molecule has 0 bridgehead atoms. The van der Waals surface area contributed by atoms with E-state index in [1.165, 1.54) is 25.7 Å². The predicted molar refractivity (Wildman–Crippen MR) is 144 cm³/mol. The number of hydrogen-bond acceptors (Lipinski definition) is 7. The third kappa shape index (κ3) is 4.34. The topological polar surface area (TPSA) is 97.8 Å². The average Bonchev–Trinajstić information content (AvgIpc) is 3.51. The van der Waals surface area contributed by atoms with Gasteiger partial charge in [0.25, 0.3) is 5.91 Å². The molecule has 0 aromatic carbocycles. The Bertz CT molecular complexity index is 1490. The van der Waals surface area contributed by atoms with Crippen molar-refractivity contribution in [2.75, 3.05) is 36.5 Å². The molecule has 1 amide bonds. The molecule has 0 radical (unpaired) electrons. The number of amides is 1. The predicted octanol–water partition coefficient (Wildman–Crippen LogP) is 5.22. The van der Waals surface area contributed by atoms with Crippen LogP contribution in [0.5, 0.6) is 0 Å². The van der Waals surface area contributed by atoms with E-state index in [2.05, 4.69) is 37.6 Å². The number of hydrogen-bond donors (Lipinski definition) is 1. The average molecular weight is 513 g/mol. The third-order valence-electron chi connectivity index (χ3n) is 8.61.